The van der Waals surface area contributed by atoms with E-state index in [9.17, 15) is 0 Å². The Morgan fingerprint density at radius 2 is 2.05 bits per heavy atom. The summed E-state index contributed by atoms with van der Waals surface area (Å²) in [6.07, 6.45) is 11.3. The molecular formula is C16H26BrNS. The van der Waals surface area contributed by atoms with E-state index < -0.39 is 0 Å². The van der Waals surface area contributed by atoms with Crippen LogP contribution in [0.15, 0.2) is 15.9 Å². The molecule has 1 saturated carbocycles. The molecule has 1 heterocycles. The molecule has 0 saturated heterocycles. The molecule has 1 fully saturated rings. The van der Waals surface area contributed by atoms with E-state index in [1.807, 2.05) is 11.3 Å². The fourth-order valence-electron chi connectivity index (χ4n) is 3.23. The van der Waals surface area contributed by atoms with Crippen molar-refractivity contribution < 1.29 is 0 Å². The number of likely N-dealkylation sites (N-methyl/N-ethyl adjacent to an activating group) is 1. The third-order valence-corrected chi connectivity index (χ3v) is 5.87. The molecule has 0 amide bonds. The van der Waals surface area contributed by atoms with Gasteiger partial charge in [0.25, 0.3) is 0 Å². The molecule has 1 N–H and O–H groups in total. The minimum Gasteiger partial charge on any atom is -0.314 e. The van der Waals surface area contributed by atoms with Gasteiger partial charge in [0.05, 0.1) is 0 Å². The molecule has 0 spiro atoms. The zero-order chi connectivity index (χ0) is 13.5. The molecule has 19 heavy (non-hydrogen) atoms. The molecule has 1 aliphatic carbocycles. The van der Waals surface area contributed by atoms with Gasteiger partial charge in [0.1, 0.15) is 0 Å². The van der Waals surface area contributed by atoms with Gasteiger partial charge in [0.15, 0.2) is 0 Å². The lowest BCUT2D eigenvalue weighted by molar-refractivity contribution is 0.354. The average Bonchev–Trinajstić information content (AvgIpc) is 2.64. The van der Waals surface area contributed by atoms with Crippen molar-refractivity contribution in [2.24, 2.45) is 5.92 Å². The highest BCUT2D eigenvalue weighted by Gasteiger charge is 2.18. The molecule has 0 radical (unpaired) electrons. The maximum Gasteiger partial charge on any atom is 0.0285 e. The van der Waals surface area contributed by atoms with E-state index in [0.717, 1.165) is 12.5 Å². The zero-order valence-electron chi connectivity index (χ0n) is 12.0. The van der Waals surface area contributed by atoms with E-state index >= 15 is 0 Å². The SMILES string of the molecule is CCNC(Cc1cc(Br)cs1)CC1CCCCCC1. The van der Waals surface area contributed by atoms with E-state index in [1.54, 1.807) is 0 Å². The molecule has 0 aromatic carbocycles. The van der Waals surface area contributed by atoms with Crippen LogP contribution in [0.1, 0.15) is 56.7 Å². The Labute approximate surface area is 130 Å². The third-order valence-electron chi connectivity index (χ3n) is 4.15. The van der Waals surface area contributed by atoms with Crippen molar-refractivity contribution in [1.29, 1.82) is 0 Å². The van der Waals surface area contributed by atoms with Crippen LogP contribution in [0.3, 0.4) is 0 Å². The van der Waals surface area contributed by atoms with Gasteiger partial charge < -0.3 is 5.32 Å². The molecule has 1 nitrogen and oxygen atoms in total. The number of rotatable bonds is 6. The Bertz CT molecular complexity index is 355. The average molecular weight is 344 g/mol. The van der Waals surface area contributed by atoms with Gasteiger partial charge in [0.2, 0.25) is 0 Å². The summed E-state index contributed by atoms with van der Waals surface area (Å²) in [5, 5.41) is 5.90. The van der Waals surface area contributed by atoms with Gasteiger partial charge in [-0.1, -0.05) is 45.4 Å². The first-order chi connectivity index (χ1) is 9.28. The molecule has 1 aromatic rings. The van der Waals surface area contributed by atoms with Crippen LogP contribution in [0, 0.1) is 5.92 Å². The summed E-state index contributed by atoms with van der Waals surface area (Å²) in [4.78, 5) is 1.51. The number of hydrogen-bond acceptors (Lipinski definition) is 2. The van der Waals surface area contributed by atoms with Crippen LogP contribution in [-0.4, -0.2) is 12.6 Å². The standard InChI is InChI=1S/C16H26BrNS/c1-2-18-15(11-16-10-14(17)12-19-16)9-13-7-5-3-4-6-8-13/h10,12-13,15,18H,2-9,11H2,1H3. The number of halogens is 1. The van der Waals surface area contributed by atoms with Crippen LogP contribution >= 0.6 is 27.3 Å². The van der Waals surface area contributed by atoms with Gasteiger partial charge in [-0.3, -0.25) is 0 Å². The highest BCUT2D eigenvalue weighted by molar-refractivity contribution is 9.10. The molecule has 1 unspecified atom stereocenters. The predicted molar refractivity (Wildman–Crippen MR) is 89.0 cm³/mol. The van der Waals surface area contributed by atoms with Crippen molar-refractivity contribution in [3.63, 3.8) is 0 Å². The fraction of sp³-hybridized carbons (Fsp3) is 0.750. The lowest BCUT2D eigenvalue weighted by atomic mass is 9.91. The van der Waals surface area contributed by atoms with E-state index in [2.05, 4.69) is 39.6 Å². The van der Waals surface area contributed by atoms with Crippen LogP contribution in [0.25, 0.3) is 0 Å². The van der Waals surface area contributed by atoms with Gasteiger partial charge in [0, 0.05) is 20.8 Å². The van der Waals surface area contributed by atoms with Crippen molar-refractivity contribution in [3.8, 4) is 0 Å². The minimum absolute atomic E-state index is 0.665. The molecule has 108 valence electrons. The van der Waals surface area contributed by atoms with E-state index in [-0.39, 0.29) is 0 Å². The molecule has 3 heteroatoms. The highest BCUT2D eigenvalue weighted by atomic mass is 79.9. The van der Waals surface area contributed by atoms with Crippen molar-refractivity contribution in [1.82, 2.24) is 5.32 Å². The van der Waals surface area contributed by atoms with E-state index in [4.69, 9.17) is 0 Å². The van der Waals surface area contributed by atoms with Crippen LogP contribution in [-0.2, 0) is 6.42 Å². The Balaban J connectivity index is 1.87. The molecule has 0 aliphatic heterocycles. The Morgan fingerprint density at radius 1 is 1.32 bits per heavy atom. The van der Waals surface area contributed by atoms with Crippen molar-refractivity contribution in [2.45, 2.75) is 64.3 Å². The number of thiophene rings is 1. The van der Waals surface area contributed by atoms with Crippen LogP contribution < -0.4 is 5.32 Å². The van der Waals surface area contributed by atoms with Gasteiger partial charge in [-0.2, -0.15) is 0 Å². The largest absolute Gasteiger partial charge is 0.314 e. The normalized spacial score (nSPS) is 19.3. The summed E-state index contributed by atoms with van der Waals surface area (Å²) < 4.78 is 1.23. The predicted octanol–water partition coefficient (Wildman–Crippen LogP) is 5.39. The lowest BCUT2D eigenvalue weighted by Gasteiger charge is -2.23. The smallest absolute Gasteiger partial charge is 0.0285 e. The first kappa shape index (κ1) is 15.5. The zero-order valence-corrected chi connectivity index (χ0v) is 14.4. The molecular weight excluding hydrogens is 318 g/mol. The van der Waals surface area contributed by atoms with Crippen molar-refractivity contribution >= 4 is 27.3 Å². The monoisotopic (exact) mass is 343 g/mol. The third kappa shape index (κ3) is 5.57. The van der Waals surface area contributed by atoms with Gasteiger partial charge >= 0.3 is 0 Å². The summed E-state index contributed by atoms with van der Waals surface area (Å²) in [6, 6.07) is 2.95. The molecule has 2 rings (SSSR count). The summed E-state index contributed by atoms with van der Waals surface area (Å²) in [6.45, 7) is 3.31. The van der Waals surface area contributed by atoms with Gasteiger partial charge in [-0.25, -0.2) is 0 Å². The maximum absolute atomic E-state index is 3.70. The molecule has 0 bridgehead atoms. The fourth-order valence-corrected chi connectivity index (χ4v) is 4.77. The topological polar surface area (TPSA) is 12.0 Å². The van der Waals surface area contributed by atoms with Crippen molar-refractivity contribution in [3.05, 3.63) is 20.8 Å². The number of nitrogens with one attached hydrogen (secondary N) is 1. The summed E-state index contributed by atoms with van der Waals surface area (Å²) in [7, 11) is 0. The molecule has 1 atom stereocenters. The van der Waals surface area contributed by atoms with E-state index in [0.29, 0.717) is 6.04 Å². The van der Waals surface area contributed by atoms with Crippen LogP contribution in [0.2, 0.25) is 0 Å². The first-order valence-electron chi connectivity index (χ1n) is 7.74. The highest BCUT2D eigenvalue weighted by Crippen LogP contribution is 2.28. The second kappa shape index (κ2) is 8.43. The second-order valence-electron chi connectivity index (χ2n) is 5.78. The van der Waals surface area contributed by atoms with Gasteiger partial charge in [-0.05, 0) is 47.3 Å². The summed E-state index contributed by atoms with van der Waals surface area (Å²) >= 11 is 5.44. The second-order valence-corrected chi connectivity index (χ2v) is 7.69. The van der Waals surface area contributed by atoms with Crippen molar-refractivity contribution in [2.75, 3.05) is 6.54 Å². The molecule has 1 aliphatic rings. The lowest BCUT2D eigenvalue weighted by Crippen LogP contribution is -2.32. The maximum atomic E-state index is 3.70. The van der Waals surface area contributed by atoms with E-state index in [1.165, 1.54) is 60.7 Å². The summed E-state index contributed by atoms with van der Waals surface area (Å²) in [5.74, 6) is 0.954. The Kier molecular flexibility index (Phi) is 6.89. The quantitative estimate of drug-likeness (QED) is 0.682. The first-order valence-corrected chi connectivity index (χ1v) is 9.41. The number of hydrogen-bond donors (Lipinski definition) is 1. The Hall–Kier alpha value is 0.140. The Morgan fingerprint density at radius 3 is 2.63 bits per heavy atom. The molecule has 1 aromatic heterocycles. The van der Waals surface area contributed by atoms with Crippen LogP contribution in [0.5, 0.6) is 0 Å². The summed E-state index contributed by atoms with van der Waals surface area (Å²) in [5.41, 5.74) is 0. The van der Waals surface area contributed by atoms with Gasteiger partial charge in [-0.15, -0.1) is 11.3 Å². The minimum atomic E-state index is 0.665. The van der Waals surface area contributed by atoms with Crippen LogP contribution in [0.4, 0.5) is 0 Å².